The first-order chi connectivity index (χ1) is 16.4. The quantitative estimate of drug-likeness (QED) is 0.249. The predicted octanol–water partition coefficient (Wildman–Crippen LogP) is 1.14. The van der Waals surface area contributed by atoms with Gasteiger partial charge < -0.3 is 30.2 Å². The van der Waals surface area contributed by atoms with Gasteiger partial charge in [0.1, 0.15) is 24.2 Å². The van der Waals surface area contributed by atoms with Gasteiger partial charge in [-0.3, -0.25) is 14.6 Å². The van der Waals surface area contributed by atoms with Crippen molar-refractivity contribution in [3.05, 3.63) is 36.0 Å². The maximum atomic E-state index is 12.8. The Hall–Kier alpha value is -3.21. The number of aromatic nitrogens is 1. The molecule has 0 radical (unpaired) electrons. The molecule has 0 aliphatic rings. The van der Waals surface area contributed by atoms with Crippen molar-refractivity contribution in [3.63, 3.8) is 0 Å². The number of aliphatic imine (C=N–C) groups is 1. The van der Waals surface area contributed by atoms with Gasteiger partial charge in [0.05, 0.1) is 7.11 Å². The monoisotopic (exact) mass is 505 g/mol. The van der Waals surface area contributed by atoms with Crippen molar-refractivity contribution in [3.8, 4) is 0 Å². The maximum absolute atomic E-state index is 12.8. The van der Waals surface area contributed by atoms with Crippen LogP contribution in [0.1, 0.15) is 33.3 Å². The van der Waals surface area contributed by atoms with Crippen LogP contribution in [0, 0.1) is 0 Å². The molecule has 1 aromatic heterocycles. The van der Waals surface area contributed by atoms with E-state index in [0.717, 1.165) is 16.5 Å². The van der Waals surface area contributed by atoms with Crippen LogP contribution >= 0.6 is 11.8 Å². The van der Waals surface area contributed by atoms with Gasteiger partial charge in [0, 0.05) is 34.9 Å². The van der Waals surface area contributed by atoms with E-state index in [1.807, 2.05) is 24.3 Å². The summed E-state index contributed by atoms with van der Waals surface area (Å²) in [5.41, 5.74) is 0.998. The van der Waals surface area contributed by atoms with Crippen molar-refractivity contribution in [1.29, 1.82) is 0 Å². The summed E-state index contributed by atoms with van der Waals surface area (Å²) < 4.78 is 10.0. The molecule has 1 aromatic carbocycles. The minimum absolute atomic E-state index is 0.201. The smallest absolute Gasteiger partial charge is 0.328 e. The molecule has 0 saturated heterocycles. The summed E-state index contributed by atoms with van der Waals surface area (Å²) in [6, 6.07) is 4.63. The zero-order valence-corrected chi connectivity index (χ0v) is 21.7. The number of methoxy groups -OCH3 is 1. The van der Waals surface area contributed by atoms with Crippen LogP contribution in [0.25, 0.3) is 10.9 Å². The summed E-state index contributed by atoms with van der Waals surface area (Å²) in [6.45, 7) is 6.58. The number of para-hydroxylation sites is 1. The molecular formula is C24H33N4O6S-. The summed E-state index contributed by atoms with van der Waals surface area (Å²) in [5.74, 6) is -1.56. The summed E-state index contributed by atoms with van der Waals surface area (Å²) in [5, 5.41) is 18.2. The Balaban J connectivity index is 2.08. The largest absolute Gasteiger partial charge is 0.595 e. The van der Waals surface area contributed by atoms with Gasteiger partial charge >= 0.3 is 5.97 Å². The molecule has 192 valence electrons. The second kappa shape index (κ2) is 12.5. The lowest BCUT2D eigenvalue weighted by Crippen LogP contribution is -2.53. The number of ether oxygens (including phenoxy) is 2. The fourth-order valence-electron chi connectivity index (χ4n) is 3.27. The van der Waals surface area contributed by atoms with Crippen LogP contribution in [-0.2, 0) is 30.3 Å². The Bertz CT molecular complexity index is 1060. The first-order valence-electron chi connectivity index (χ1n) is 11.1. The predicted molar refractivity (Wildman–Crippen MR) is 134 cm³/mol. The van der Waals surface area contributed by atoms with Gasteiger partial charge in [-0.1, -0.05) is 39.0 Å². The first-order valence-corrected chi connectivity index (χ1v) is 12.5. The van der Waals surface area contributed by atoms with Crippen LogP contribution in [0.5, 0.6) is 0 Å². The molecule has 3 atom stereocenters. The Labute approximate surface area is 209 Å². The number of nitrogens with one attached hydrogen (secondary N) is 3. The molecule has 0 bridgehead atoms. The molecule has 2 amide bonds. The van der Waals surface area contributed by atoms with Crippen LogP contribution in [0.15, 0.2) is 35.5 Å². The van der Waals surface area contributed by atoms with E-state index in [2.05, 4.69) is 20.6 Å². The normalized spacial score (nSPS) is 14.6. The summed E-state index contributed by atoms with van der Waals surface area (Å²) in [4.78, 5) is 44.9. The van der Waals surface area contributed by atoms with E-state index in [1.165, 1.54) is 25.8 Å². The van der Waals surface area contributed by atoms with Gasteiger partial charge in [0.15, 0.2) is 0 Å². The standard InChI is InChI=1S/C24H34N4O6S/c1-14(26-21(30)19(13-35-6)28-23(32)34-24(2,3)4)20(29)27-18(22(31)33-5)11-15-12-25-17-10-8-7-9-16(15)17/h7-10,12,14,18-19,25H,11,13H2,1-6H3,(H,26,30)(H,27,29)(H,28,32)/p-1/t14-,18+,19-/m0/s1. The number of rotatable bonds is 10. The zero-order chi connectivity index (χ0) is 26.2. The van der Waals surface area contributed by atoms with Crippen molar-refractivity contribution in [2.24, 2.45) is 4.99 Å². The minimum atomic E-state index is -1.03. The molecule has 0 fully saturated rings. The van der Waals surface area contributed by atoms with Gasteiger partial charge in [0.25, 0.3) is 0 Å². The molecule has 0 unspecified atom stereocenters. The lowest BCUT2D eigenvalue weighted by atomic mass is 10.0. The van der Waals surface area contributed by atoms with E-state index in [9.17, 15) is 19.5 Å². The van der Waals surface area contributed by atoms with Crippen molar-refractivity contribution in [2.45, 2.75) is 57.8 Å². The van der Waals surface area contributed by atoms with E-state index in [0.29, 0.717) is 0 Å². The van der Waals surface area contributed by atoms with Gasteiger partial charge in [-0.05, 0) is 24.8 Å². The fourth-order valence-corrected chi connectivity index (χ4v) is 3.81. The number of carbonyl (C=O) groups excluding carboxylic acids is 3. The number of fused-ring (bicyclic) bond motifs is 1. The molecule has 35 heavy (non-hydrogen) atoms. The molecule has 0 aliphatic carbocycles. The van der Waals surface area contributed by atoms with Crippen molar-refractivity contribution >= 4 is 46.5 Å². The van der Waals surface area contributed by atoms with Gasteiger partial charge in [-0.2, -0.15) is 11.8 Å². The highest BCUT2D eigenvalue weighted by atomic mass is 32.2. The Morgan fingerprint density at radius 2 is 1.86 bits per heavy atom. The molecule has 1 heterocycles. The highest BCUT2D eigenvalue weighted by Crippen LogP contribution is 2.19. The SMILES string of the molecule is COC(=O)[C@@H](Cc1c[nH]c2ccccc12)NC(=O)[C@H](C)NC(=O)[C@H](CSC)N=C([O-])OC(C)(C)C. The first kappa shape index (κ1) is 28.0. The van der Waals surface area contributed by atoms with E-state index >= 15 is 0 Å². The fraction of sp³-hybridized carbons (Fsp3) is 0.500. The molecule has 0 saturated carbocycles. The topological polar surface area (TPSA) is 145 Å². The van der Waals surface area contributed by atoms with Crippen molar-refractivity contribution in [2.75, 3.05) is 19.1 Å². The molecule has 0 spiro atoms. The van der Waals surface area contributed by atoms with Gasteiger partial charge in [-0.15, -0.1) is 0 Å². The molecular weight excluding hydrogens is 472 g/mol. The van der Waals surface area contributed by atoms with Crippen molar-refractivity contribution < 1.29 is 29.0 Å². The van der Waals surface area contributed by atoms with E-state index < -0.39 is 47.6 Å². The zero-order valence-electron chi connectivity index (χ0n) is 20.8. The van der Waals surface area contributed by atoms with E-state index in [4.69, 9.17) is 9.47 Å². The van der Waals surface area contributed by atoms with Crippen LogP contribution in [0.3, 0.4) is 0 Å². The average Bonchev–Trinajstić information content (AvgIpc) is 3.19. The molecule has 2 rings (SSSR count). The maximum Gasteiger partial charge on any atom is 0.328 e. The number of benzene rings is 1. The highest BCUT2D eigenvalue weighted by molar-refractivity contribution is 7.98. The number of esters is 1. The lowest BCUT2D eigenvalue weighted by molar-refractivity contribution is -0.260. The van der Waals surface area contributed by atoms with Crippen molar-refractivity contribution in [1.82, 2.24) is 15.6 Å². The van der Waals surface area contributed by atoms with Crippen LogP contribution in [0.2, 0.25) is 0 Å². The minimum Gasteiger partial charge on any atom is -0.595 e. The number of H-pyrrole nitrogens is 1. The third kappa shape index (κ3) is 8.50. The van der Waals surface area contributed by atoms with Crippen LogP contribution in [-0.4, -0.2) is 71.7 Å². The van der Waals surface area contributed by atoms with Gasteiger partial charge in [0.2, 0.25) is 11.8 Å². The number of carbonyl (C=O) groups is 3. The molecule has 2 aromatic rings. The number of hydrogen-bond acceptors (Lipinski definition) is 8. The van der Waals surface area contributed by atoms with Crippen LogP contribution in [0.4, 0.5) is 0 Å². The number of amides is 2. The summed E-state index contributed by atoms with van der Waals surface area (Å²) >= 11 is 1.33. The Kier molecular flexibility index (Phi) is 10.00. The van der Waals surface area contributed by atoms with Crippen LogP contribution < -0.4 is 15.7 Å². The summed E-state index contributed by atoms with van der Waals surface area (Å²) in [7, 11) is 1.24. The third-order valence-electron chi connectivity index (χ3n) is 4.94. The second-order valence-corrected chi connectivity index (χ2v) is 9.87. The lowest BCUT2D eigenvalue weighted by Gasteiger charge is -2.30. The Morgan fingerprint density at radius 1 is 1.17 bits per heavy atom. The molecule has 0 aliphatic heterocycles. The van der Waals surface area contributed by atoms with E-state index in [-0.39, 0.29) is 12.2 Å². The highest BCUT2D eigenvalue weighted by Gasteiger charge is 2.28. The summed E-state index contributed by atoms with van der Waals surface area (Å²) in [6.07, 6.45) is 2.90. The van der Waals surface area contributed by atoms with Gasteiger partial charge in [-0.25, -0.2) is 4.79 Å². The number of aromatic amines is 1. The number of hydrogen-bond donors (Lipinski definition) is 3. The molecule has 10 nitrogen and oxygen atoms in total. The molecule has 3 N–H and O–H groups in total. The third-order valence-corrected chi connectivity index (χ3v) is 5.58. The molecule has 11 heteroatoms. The Morgan fingerprint density at radius 3 is 2.49 bits per heavy atom. The average molecular weight is 506 g/mol. The van der Waals surface area contributed by atoms with E-state index in [1.54, 1.807) is 33.2 Å². The number of thioether (sulfide) groups is 1. The number of nitrogens with zero attached hydrogens (tertiary/aromatic N) is 1. The second-order valence-electron chi connectivity index (χ2n) is 8.96.